The minimum atomic E-state index is -1.58. The lowest BCUT2D eigenvalue weighted by molar-refractivity contribution is -0.0194. The lowest BCUT2D eigenvalue weighted by atomic mass is 9.87. The Morgan fingerprint density at radius 1 is 0.403 bits per heavy atom. The van der Waals surface area contributed by atoms with E-state index in [0.717, 1.165) is 60.7 Å². The Morgan fingerprint density at radius 2 is 0.687 bits per heavy atom. The van der Waals surface area contributed by atoms with Crippen molar-refractivity contribution in [3.8, 4) is 103 Å². The lowest BCUT2D eigenvalue weighted by Crippen LogP contribution is -2.35. The van der Waals surface area contributed by atoms with Gasteiger partial charge in [-0.1, -0.05) is 0 Å². The number of phenolic OH excluding ortho intramolecular Hbond substituents is 16. The fraction of sp³-hybridized carbons (Fsp3) is 0.156. The van der Waals surface area contributed by atoms with E-state index in [1.807, 2.05) is 0 Å². The van der Waals surface area contributed by atoms with Gasteiger partial charge in [0.2, 0.25) is 0 Å². The van der Waals surface area contributed by atoms with Gasteiger partial charge in [0.1, 0.15) is 46.7 Å². The number of phenols is 16. The zero-order chi connectivity index (χ0) is 48.5. The predicted octanol–water partition coefficient (Wildman–Crippen LogP) is 4.37. The highest BCUT2D eigenvalue weighted by atomic mass is 16.6. The van der Waals surface area contributed by atoms with Crippen LogP contribution in [0.1, 0.15) is 66.3 Å². The van der Waals surface area contributed by atoms with Crippen molar-refractivity contribution in [1.82, 2.24) is 0 Å². The maximum absolute atomic E-state index is 13.4. The molecule has 4 unspecified atom stereocenters. The standard InChI is InChI=1S/C45H36O22/c46-22-12-24(48)20-10-34(64-44(62)16-5-30(54)38(60)31(55)6-16)40(14-1-26(50)36(58)27(51)2-14)66-42(20)18(22)9-19-23(47)13-25(49)21-11-35(65-45(63)17-7-32(56)39(61)33(57)8-17)41(67-43(19)21)15-3-28(52)37(59)29(53)4-15/h1-8,12-13,34-35,40-41,46-61H,9-11H2. The molecule has 2 aliphatic rings. The van der Waals surface area contributed by atoms with Crippen molar-refractivity contribution in [2.24, 2.45) is 0 Å². The van der Waals surface area contributed by atoms with Crippen LogP contribution in [0, 0.1) is 0 Å². The number of esters is 2. The third-order valence-electron chi connectivity index (χ3n) is 11.2. The summed E-state index contributed by atoms with van der Waals surface area (Å²) in [6.45, 7) is 0. The summed E-state index contributed by atoms with van der Waals surface area (Å²) < 4.78 is 24.0. The van der Waals surface area contributed by atoms with E-state index in [2.05, 4.69) is 0 Å². The minimum absolute atomic E-state index is 0.135. The Balaban J connectivity index is 1.22. The van der Waals surface area contributed by atoms with E-state index in [-0.39, 0.29) is 44.9 Å². The molecular formula is C45H36O22. The molecule has 2 aliphatic heterocycles. The largest absolute Gasteiger partial charge is 0.507 e. The van der Waals surface area contributed by atoms with Gasteiger partial charge in [-0.2, -0.15) is 0 Å². The Morgan fingerprint density at radius 3 is 0.985 bits per heavy atom. The van der Waals surface area contributed by atoms with Crippen LogP contribution < -0.4 is 9.47 Å². The van der Waals surface area contributed by atoms with Gasteiger partial charge in [0.15, 0.2) is 81.2 Å². The molecule has 8 rings (SSSR count). The molecule has 16 N–H and O–H groups in total. The summed E-state index contributed by atoms with van der Waals surface area (Å²) >= 11 is 0. The highest BCUT2D eigenvalue weighted by molar-refractivity contribution is 5.92. The number of hydrogen-bond donors (Lipinski definition) is 16. The summed E-state index contributed by atoms with van der Waals surface area (Å²) in [5, 5.41) is 167. The first-order valence-electron chi connectivity index (χ1n) is 19.5. The van der Waals surface area contributed by atoms with Crippen LogP contribution in [0.2, 0.25) is 0 Å². The summed E-state index contributed by atoms with van der Waals surface area (Å²) in [5.74, 6) is -16.4. The molecule has 0 saturated heterocycles. The maximum Gasteiger partial charge on any atom is 0.338 e. The summed E-state index contributed by atoms with van der Waals surface area (Å²) in [5.41, 5.74) is -1.95. The molecule has 0 aliphatic carbocycles. The van der Waals surface area contributed by atoms with E-state index in [1.54, 1.807) is 0 Å². The minimum Gasteiger partial charge on any atom is -0.507 e. The van der Waals surface area contributed by atoms with Crippen molar-refractivity contribution in [2.75, 3.05) is 0 Å². The number of carbonyl (C=O) groups excluding carboxylic acids is 2. The van der Waals surface area contributed by atoms with Crippen LogP contribution in [0.25, 0.3) is 0 Å². The van der Waals surface area contributed by atoms with Gasteiger partial charge in [-0.25, -0.2) is 9.59 Å². The van der Waals surface area contributed by atoms with Crippen molar-refractivity contribution >= 4 is 11.9 Å². The molecule has 4 atom stereocenters. The van der Waals surface area contributed by atoms with Crippen LogP contribution >= 0.6 is 0 Å². The number of hydrogen-bond acceptors (Lipinski definition) is 22. The zero-order valence-electron chi connectivity index (χ0n) is 33.8. The molecule has 67 heavy (non-hydrogen) atoms. The molecule has 0 fully saturated rings. The highest BCUT2D eigenvalue weighted by Gasteiger charge is 2.42. The average molecular weight is 929 g/mol. The van der Waals surface area contributed by atoms with E-state index in [4.69, 9.17) is 18.9 Å². The van der Waals surface area contributed by atoms with Crippen molar-refractivity contribution in [1.29, 1.82) is 0 Å². The van der Waals surface area contributed by atoms with Gasteiger partial charge in [0, 0.05) is 64.8 Å². The molecule has 0 saturated carbocycles. The van der Waals surface area contributed by atoms with E-state index in [0.29, 0.717) is 0 Å². The number of fused-ring (bicyclic) bond motifs is 2. The molecule has 348 valence electrons. The van der Waals surface area contributed by atoms with Crippen molar-refractivity contribution in [3.05, 3.63) is 105 Å². The first-order chi connectivity index (χ1) is 31.6. The fourth-order valence-electron chi connectivity index (χ4n) is 7.86. The van der Waals surface area contributed by atoms with E-state index in [9.17, 15) is 91.3 Å². The third kappa shape index (κ3) is 7.87. The summed E-state index contributed by atoms with van der Waals surface area (Å²) in [7, 11) is 0. The number of carbonyl (C=O) groups is 2. The van der Waals surface area contributed by atoms with Crippen LogP contribution in [-0.4, -0.2) is 106 Å². The van der Waals surface area contributed by atoms with Crippen LogP contribution in [0.5, 0.6) is 103 Å². The number of aromatic hydroxyl groups is 16. The van der Waals surface area contributed by atoms with Gasteiger partial charge in [0.05, 0.1) is 11.1 Å². The Labute approximate surface area is 373 Å². The highest BCUT2D eigenvalue weighted by Crippen LogP contribution is 2.53. The van der Waals surface area contributed by atoms with Gasteiger partial charge < -0.3 is 101 Å². The predicted molar refractivity (Wildman–Crippen MR) is 221 cm³/mol. The second-order valence-corrected chi connectivity index (χ2v) is 15.5. The molecule has 0 spiro atoms. The Kier molecular flexibility index (Phi) is 10.8. The molecule has 22 heteroatoms. The van der Waals surface area contributed by atoms with Gasteiger partial charge in [-0.3, -0.25) is 0 Å². The molecule has 6 aromatic rings. The average Bonchev–Trinajstić information content (AvgIpc) is 3.27. The van der Waals surface area contributed by atoms with E-state index < -0.39 is 159 Å². The number of rotatable bonds is 8. The Bertz CT molecular complexity index is 2760. The van der Waals surface area contributed by atoms with Gasteiger partial charge in [0.25, 0.3) is 0 Å². The van der Waals surface area contributed by atoms with Crippen molar-refractivity contribution in [2.45, 2.75) is 43.7 Å². The molecule has 0 radical (unpaired) electrons. The molecule has 6 aromatic carbocycles. The van der Waals surface area contributed by atoms with Crippen LogP contribution in [0.4, 0.5) is 0 Å². The molecule has 2 heterocycles. The van der Waals surface area contributed by atoms with Gasteiger partial charge in [-0.15, -0.1) is 0 Å². The SMILES string of the molecule is O=C(OC1Cc2c(O)cc(O)c(Cc3c(O)cc(O)c4c3OC(c3cc(O)c(O)c(O)c3)C(OC(=O)c3cc(O)c(O)c(O)c3)C4)c2OC1c1cc(O)c(O)c(O)c1)c1cc(O)c(O)c(O)c1. The quantitative estimate of drug-likeness (QED) is 0.0744. The molecule has 0 aromatic heterocycles. The first-order valence-corrected chi connectivity index (χ1v) is 19.5. The summed E-state index contributed by atoms with van der Waals surface area (Å²) in [4.78, 5) is 26.9. The number of benzene rings is 6. The smallest absolute Gasteiger partial charge is 0.338 e. The van der Waals surface area contributed by atoms with Crippen LogP contribution in [-0.2, 0) is 28.7 Å². The molecular weight excluding hydrogens is 892 g/mol. The zero-order valence-corrected chi connectivity index (χ0v) is 33.8. The van der Waals surface area contributed by atoms with Gasteiger partial charge >= 0.3 is 11.9 Å². The van der Waals surface area contributed by atoms with E-state index in [1.165, 1.54) is 0 Å². The van der Waals surface area contributed by atoms with Crippen molar-refractivity contribution < 1.29 is 110 Å². The first kappa shape index (κ1) is 44.3. The number of ether oxygens (including phenoxy) is 4. The van der Waals surface area contributed by atoms with Crippen molar-refractivity contribution in [3.63, 3.8) is 0 Å². The third-order valence-corrected chi connectivity index (χ3v) is 11.2. The lowest BCUT2D eigenvalue weighted by Gasteiger charge is -2.36. The second kappa shape index (κ2) is 16.3. The molecule has 0 amide bonds. The Hall–Kier alpha value is -9.34. The summed E-state index contributed by atoms with van der Waals surface area (Å²) in [6.07, 6.45) is -7.75. The topological polar surface area (TPSA) is 395 Å². The van der Waals surface area contributed by atoms with Gasteiger partial charge in [-0.05, 0) is 48.5 Å². The maximum atomic E-state index is 13.4. The van der Waals surface area contributed by atoms with E-state index >= 15 is 0 Å². The molecule has 22 nitrogen and oxygen atoms in total. The van der Waals surface area contributed by atoms with Crippen LogP contribution in [0.15, 0.2) is 60.7 Å². The monoisotopic (exact) mass is 928 g/mol. The van der Waals surface area contributed by atoms with Crippen LogP contribution in [0.3, 0.4) is 0 Å². The summed E-state index contributed by atoms with van der Waals surface area (Å²) in [6, 6.07) is 8.65. The molecule has 0 bridgehead atoms. The second-order valence-electron chi connectivity index (χ2n) is 15.5. The normalized spacial score (nSPS) is 17.3. The fourth-order valence-corrected chi connectivity index (χ4v) is 7.86.